The van der Waals surface area contributed by atoms with Crippen LogP contribution in [0.15, 0.2) is 18.7 Å². The summed E-state index contributed by atoms with van der Waals surface area (Å²) in [5.41, 5.74) is -1.12. The number of carboxylic acids is 1. The van der Waals surface area contributed by atoms with E-state index in [1.54, 1.807) is 12.5 Å². The molecule has 0 spiro atoms. The summed E-state index contributed by atoms with van der Waals surface area (Å²) >= 11 is 0. The van der Waals surface area contributed by atoms with E-state index < -0.39 is 17.5 Å². The number of urea groups is 1. The van der Waals surface area contributed by atoms with Crippen LogP contribution in [0.5, 0.6) is 0 Å². The summed E-state index contributed by atoms with van der Waals surface area (Å²) in [4.78, 5) is 27.4. The first-order valence-electron chi connectivity index (χ1n) is 7.37. The highest BCUT2D eigenvalue weighted by Gasteiger charge is 2.39. The minimum Gasteiger partial charge on any atom is -0.480 e. The minimum atomic E-state index is -1.12. The molecular formula is C14H22N4O3. The first-order valence-corrected chi connectivity index (χ1v) is 7.37. The predicted molar refractivity (Wildman–Crippen MR) is 76.8 cm³/mol. The standard InChI is InChI=1S/C14H22N4O3/c19-12(20)14(5-3-1-2-4-6-14)17-13(21)16-8-10-18-9-7-15-11-18/h7,9,11H,1-6,8,10H2,(H,19,20)(H2,16,17,21). The molecule has 1 aromatic heterocycles. The van der Waals surface area contributed by atoms with Gasteiger partial charge in [-0.3, -0.25) is 0 Å². The van der Waals surface area contributed by atoms with E-state index in [9.17, 15) is 14.7 Å². The van der Waals surface area contributed by atoms with Crippen LogP contribution in [0.2, 0.25) is 0 Å². The van der Waals surface area contributed by atoms with E-state index in [2.05, 4.69) is 15.6 Å². The van der Waals surface area contributed by atoms with Gasteiger partial charge in [-0.15, -0.1) is 0 Å². The third-order valence-corrected chi connectivity index (χ3v) is 3.93. The molecule has 0 saturated heterocycles. The third-order valence-electron chi connectivity index (χ3n) is 3.93. The SMILES string of the molecule is O=C(NCCn1ccnc1)NC1(C(=O)O)CCCCCC1. The highest BCUT2D eigenvalue weighted by Crippen LogP contribution is 2.27. The minimum absolute atomic E-state index is 0.417. The van der Waals surface area contributed by atoms with Crippen molar-refractivity contribution in [3.8, 4) is 0 Å². The summed E-state index contributed by atoms with van der Waals surface area (Å²) in [5.74, 6) is -0.936. The van der Waals surface area contributed by atoms with Gasteiger partial charge in [0.15, 0.2) is 0 Å². The number of aromatic nitrogens is 2. The lowest BCUT2D eigenvalue weighted by Crippen LogP contribution is -2.57. The average molecular weight is 294 g/mol. The zero-order valence-electron chi connectivity index (χ0n) is 12.0. The highest BCUT2D eigenvalue weighted by atomic mass is 16.4. The smallest absolute Gasteiger partial charge is 0.329 e. The number of hydrogen-bond donors (Lipinski definition) is 3. The predicted octanol–water partition coefficient (Wildman–Crippen LogP) is 1.36. The average Bonchev–Trinajstić information content (AvgIpc) is 2.84. The van der Waals surface area contributed by atoms with Crippen LogP contribution >= 0.6 is 0 Å². The number of rotatable bonds is 5. The van der Waals surface area contributed by atoms with E-state index in [1.807, 2.05) is 10.8 Å². The first-order chi connectivity index (χ1) is 10.1. The Bertz CT molecular complexity index is 465. The highest BCUT2D eigenvalue weighted by molar-refractivity contribution is 5.86. The van der Waals surface area contributed by atoms with Gasteiger partial charge in [-0.25, -0.2) is 14.6 Å². The number of amides is 2. The van der Waals surface area contributed by atoms with Crippen molar-refractivity contribution in [1.82, 2.24) is 20.2 Å². The lowest BCUT2D eigenvalue weighted by molar-refractivity contribution is -0.145. The molecule has 0 radical (unpaired) electrons. The van der Waals surface area contributed by atoms with Gasteiger partial charge in [0.25, 0.3) is 0 Å². The van der Waals surface area contributed by atoms with Gasteiger partial charge in [0.1, 0.15) is 5.54 Å². The molecule has 1 heterocycles. The number of hydrogen-bond acceptors (Lipinski definition) is 3. The summed E-state index contributed by atoms with van der Waals surface area (Å²) < 4.78 is 1.85. The molecule has 1 fully saturated rings. The maximum absolute atomic E-state index is 12.0. The summed E-state index contributed by atoms with van der Waals surface area (Å²) in [5, 5.41) is 14.9. The number of carbonyl (C=O) groups is 2. The normalized spacial score (nSPS) is 17.7. The Morgan fingerprint density at radius 2 is 1.95 bits per heavy atom. The van der Waals surface area contributed by atoms with Gasteiger partial charge < -0.3 is 20.3 Å². The molecule has 1 aromatic rings. The van der Waals surface area contributed by atoms with E-state index in [0.29, 0.717) is 25.9 Å². The molecule has 2 amide bonds. The zero-order valence-corrected chi connectivity index (χ0v) is 12.0. The van der Waals surface area contributed by atoms with E-state index in [-0.39, 0.29) is 0 Å². The van der Waals surface area contributed by atoms with Crippen molar-refractivity contribution in [3.63, 3.8) is 0 Å². The Balaban J connectivity index is 1.84. The van der Waals surface area contributed by atoms with E-state index >= 15 is 0 Å². The summed E-state index contributed by atoms with van der Waals surface area (Å²) in [6.45, 7) is 1.03. The molecule has 0 aliphatic heterocycles. The number of carbonyl (C=O) groups excluding carboxylic acids is 1. The van der Waals surface area contributed by atoms with Gasteiger partial charge in [-0.2, -0.15) is 0 Å². The summed E-state index contributed by atoms with van der Waals surface area (Å²) in [7, 11) is 0. The second-order valence-corrected chi connectivity index (χ2v) is 5.48. The van der Waals surface area contributed by atoms with E-state index in [1.165, 1.54) is 0 Å². The largest absolute Gasteiger partial charge is 0.480 e. The molecule has 7 nitrogen and oxygen atoms in total. The summed E-state index contributed by atoms with van der Waals surface area (Å²) in [6.07, 6.45) is 9.87. The van der Waals surface area contributed by atoms with Crippen LogP contribution in [-0.4, -0.2) is 38.7 Å². The Morgan fingerprint density at radius 1 is 1.24 bits per heavy atom. The number of aliphatic carboxylic acids is 1. The Labute approximate surface area is 123 Å². The molecule has 0 atom stereocenters. The first kappa shape index (κ1) is 15.3. The zero-order chi connectivity index (χ0) is 15.1. The molecule has 3 N–H and O–H groups in total. The number of nitrogens with zero attached hydrogens (tertiary/aromatic N) is 2. The fourth-order valence-corrected chi connectivity index (χ4v) is 2.70. The van der Waals surface area contributed by atoms with Gasteiger partial charge in [0, 0.05) is 25.5 Å². The molecule has 116 valence electrons. The molecule has 7 heteroatoms. The maximum Gasteiger partial charge on any atom is 0.329 e. The second-order valence-electron chi connectivity index (χ2n) is 5.48. The Morgan fingerprint density at radius 3 is 2.52 bits per heavy atom. The van der Waals surface area contributed by atoms with Crippen molar-refractivity contribution in [2.45, 2.75) is 50.6 Å². The Kier molecular flexibility index (Phi) is 5.19. The molecule has 0 aromatic carbocycles. The van der Waals surface area contributed by atoms with Crippen molar-refractivity contribution in [1.29, 1.82) is 0 Å². The molecule has 1 aliphatic rings. The van der Waals surface area contributed by atoms with Crippen LogP contribution in [0.3, 0.4) is 0 Å². The lowest BCUT2D eigenvalue weighted by atomic mass is 9.90. The number of carboxylic acid groups (broad SMARTS) is 1. The van der Waals surface area contributed by atoms with Crippen molar-refractivity contribution in [2.24, 2.45) is 0 Å². The van der Waals surface area contributed by atoms with E-state index in [4.69, 9.17) is 0 Å². The molecule has 0 unspecified atom stereocenters. The third kappa shape index (κ3) is 4.21. The van der Waals surface area contributed by atoms with Crippen LogP contribution in [0.1, 0.15) is 38.5 Å². The number of imidazole rings is 1. The van der Waals surface area contributed by atoms with Gasteiger partial charge in [-0.05, 0) is 12.8 Å². The summed E-state index contributed by atoms with van der Waals surface area (Å²) in [6, 6.07) is -0.417. The van der Waals surface area contributed by atoms with Crippen molar-refractivity contribution in [2.75, 3.05) is 6.54 Å². The van der Waals surface area contributed by atoms with Crippen molar-refractivity contribution >= 4 is 12.0 Å². The van der Waals surface area contributed by atoms with Crippen molar-refractivity contribution in [3.05, 3.63) is 18.7 Å². The lowest BCUT2D eigenvalue weighted by Gasteiger charge is -2.29. The van der Waals surface area contributed by atoms with Crippen LogP contribution in [0, 0.1) is 0 Å². The maximum atomic E-state index is 12.0. The topological polar surface area (TPSA) is 96.3 Å². The number of nitrogens with one attached hydrogen (secondary N) is 2. The van der Waals surface area contributed by atoms with Gasteiger partial charge in [0.05, 0.1) is 6.33 Å². The molecule has 1 saturated carbocycles. The van der Waals surface area contributed by atoms with E-state index in [0.717, 1.165) is 25.7 Å². The van der Waals surface area contributed by atoms with Crippen LogP contribution in [-0.2, 0) is 11.3 Å². The van der Waals surface area contributed by atoms with Crippen LogP contribution < -0.4 is 10.6 Å². The van der Waals surface area contributed by atoms with Crippen molar-refractivity contribution < 1.29 is 14.7 Å². The molecule has 1 aliphatic carbocycles. The molecule has 21 heavy (non-hydrogen) atoms. The fourth-order valence-electron chi connectivity index (χ4n) is 2.70. The Hall–Kier alpha value is -2.05. The fraction of sp³-hybridized carbons (Fsp3) is 0.643. The van der Waals surface area contributed by atoms with Gasteiger partial charge in [0.2, 0.25) is 0 Å². The second kappa shape index (κ2) is 7.10. The molecular weight excluding hydrogens is 272 g/mol. The molecule has 2 rings (SSSR count). The monoisotopic (exact) mass is 294 g/mol. The van der Waals surface area contributed by atoms with Crippen LogP contribution in [0.4, 0.5) is 4.79 Å². The van der Waals surface area contributed by atoms with Gasteiger partial charge in [-0.1, -0.05) is 25.7 Å². The quantitative estimate of drug-likeness (QED) is 0.714. The van der Waals surface area contributed by atoms with Crippen LogP contribution in [0.25, 0.3) is 0 Å². The van der Waals surface area contributed by atoms with Gasteiger partial charge >= 0.3 is 12.0 Å². The molecule has 0 bridgehead atoms.